The molecule has 0 saturated carbocycles. The molecule has 0 aliphatic carbocycles. The van der Waals surface area contributed by atoms with Gasteiger partial charge in [0.1, 0.15) is 5.75 Å². The highest BCUT2D eigenvalue weighted by Crippen LogP contribution is 2.24. The van der Waals surface area contributed by atoms with Gasteiger partial charge in [0.05, 0.1) is 6.61 Å². The minimum atomic E-state index is 0.456. The molecule has 1 unspecified atom stereocenters. The molecular weight excluding hydrogens is 212 g/mol. The average molecular weight is 234 g/mol. The number of hydrogen-bond acceptors (Lipinski definition) is 3. The van der Waals surface area contributed by atoms with Gasteiger partial charge in [-0.25, -0.2) is 0 Å². The van der Waals surface area contributed by atoms with Gasteiger partial charge in [-0.15, -0.1) is 0 Å². The molecule has 3 heteroatoms. The van der Waals surface area contributed by atoms with Gasteiger partial charge < -0.3 is 10.1 Å². The summed E-state index contributed by atoms with van der Waals surface area (Å²) in [7, 11) is 2.20. The summed E-state index contributed by atoms with van der Waals surface area (Å²) in [5, 5.41) is 3.50. The van der Waals surface area contributed by atoms with Crippen LogP contribution in [0.25, 0.3) is 0 Å². The second-order valence-electron chi connectivity index (χ2n) is 4.56. The lowest BCUT2D eigenvalue weighted by Crippen LogP contribution is -2.29. The number of likely N-dealkylation sites (N-methyl/N-ethyl adjacent to an activating group) is 1. The molecule has 94 valence electrons. The second kappa shape index (κ2) is 6.03. The Labute approximate surface area is 104 Å². The van der Waals surface area contributed by atoms with Crippen molar-refractivity contribution in [1.82, 2.24) is 10.2 Å². The minimum Gasteiger partial charge on any atom is -0.494 e. The molecule has 1 N–H and O–H groups in total. The van der Waals surface area contributed by atoms with Gasteiger partial charge in [-0.1, -0.05) is 12.1 Å². The summed E-state index contributed by atoms with van der Waals surface area (Å²) in [6, 6.07) is 8.92. The molecule has 17 heavy (non-hydrogen) atoms. The van der Waals surface area contributed by atoms with E-state index in [4.69, 9.17) is 4.74 Å². The molecule has 0 spiro atoms. The van der Waals surface area contributed by atoms with Gasteiger partial charge in [-0.3, -0.25) is 4.90 Å². The normalized spacial score (nSPS) is 22.1. The molecule has 2 rings (SSSR count). The molecule has 0 amide bonds. The van der Waals surface area contributed by atoms with Crippen LogP contribution in [0.5, 0.6) is 5.75 Å². The quantitative estimate of drug-likeness (QED) is 0.866. The Bertz CT molecular complexity index is 354. The molecule has 1 aromatic carbocycles. The zero-order valence-corrected chi connectivity index (χ0v) is 10.8. The molecule has 0 aromatic heterocycles. The van der Waals surface area contributed by atoms with Crippen LogP contribution in [0.3, 0.4) is 0 Å². The van der Waals surface area contributed by atoms with Crippen LogP contribution in [0.4, 0.5) is 0 Å². The Balaban J connectivity index is 2.16. The van der Waals surface area contributed by atoms with Gasteiger partial charge in [0, 0.05) is 12.6 Å². The highest BCUT2D eigenvalue weighted by molar-refractivity contribution is 5.31. The lowest BCUT2D eigenvalue weighted by Gasteiger charge is -2.26. The first-order valence-corrected chi connectivity index (χ1v) is 6.45. The maximum absolute atomic E-state index is 5.56. The largest absolute Gasteiger partial charge is 0.494 e. The molecule has 3 nitrogen and oxygen atoms in total. The molecule has 1 atom stereocenters. The van der Waals surface area contributed by atoms with Gasteiger partial charge in [0.2, 0.25) is 0 Å². The predicted molar refractivity (Wildman–Crippen MR) is 70.5 cm³/mol. The van der Waals surface area contributed by atoms with E-state index in [0.717, 1.165) is 32.0 Å². The molecule has 0 radical (unpaired) electrons. The van der Waals surface area contributed by atoms with Crippen molar-refractivity contribution in [2.45, 2.75) is 19.4 Å². The summed E-state index contributed by atoms with van der Waals surface area (Å²) in [6.07, 6.45) is 1.22. The molecule has 1 aliphatic rings. The van der Waals surface area contributed by atoms with Gasteiger partial charge in [-0.05, 0) is 51.2 Å². The van der Waals surface area contributed by atoms with Crippen LogP contribution in [0.2, 0.25) is 0 Å². The average Bonchev–Trinajstić information content (AvgIpc) is 2.55. The molecule has 1 heterocycles. The van der Waals surface area contributed by atoms with Crippen molar-refractivity contribution < 1.29 is 4.74 Å². The summed E-state index contributed by atoms with van der Waals surface area (Å²) >= 11 is 0. The summed E-state index contributed by atoms with van der Waals surface area (Å²) in [5.74, 6) is 0.975. The first-order chi connectivity index (χ1) is 8.31. The topological polar surface area (TPSA) is 24.5 Å². The summed E-state index contributed by atoms with van der Waals surface area (Å²) in [6.45, 7) is 6.03. The number of benzene rings is 1. The van der Waals surface area contributed by atoms with E-state index in [9.17, 15) is 0 Å². The van der Waals surface area contributed by atoms with Gasteiger partial charge in [0.15, 0.2) is 0 Å². The number of rotatable bonds is 3. The van der Waals surface area contributed by atoms with Crippen molar-refractivity contribution >= 4 is 0 Å². The van der Waals surface area contributed by atoms with Crippen molar-refractivity contribution in [3.63, 3.8) is 0 Å². The van der Waals surface area contributed by atoms with Crippen molar-refractivity contribution in [1.29, 1.82) is 0 Å². The first kappa shape index (κ1) is 12.4. The van der Waals surface area contributed by atoms with E-state index in [1.54, 1.807) is 0 Å². The minimum absolute atomic E-state index is 0.456. The van der Waals surface area contributed by atoms with Crippen LogP contribution in [-0.2, 0) is 0 Å². The molecule has 1 aliphatic heterocycles. The van der Waals surface area contributed by atoms with E-state index in [-0.39, 0.29) is 0 Å². The van der Waals surface area contributed by atoms with Gasteiger partial charge in [-0.2, -0.15) is 0 Å². The van der Waals surface area contributed by atoms with E-state index in [1.165, 1.54) is 12.0 Å². The fourth-order valence-electron chi connectivity index (χ4n) is 2.35. The van der Waals surface area contributed by atoms with E-state index >= 15 is 0 Å². The summed E-state index contributed by atoms with van der Waals surface area (Å²) in [4.78, 5) is 2.42. The molecular formula is C14H22N2O. The SMILES string of the molecule is CCOc1cccc(C2CNCCCN2C)c1. The summed E-state index contributed by atoms with van der Waals surface area (Å²) in [5.41, 5.74) is 1.34. The van der Waals surface area contributed by atoms with E-state index in [2.05, 4.69) is 35.5 Å². The highest BCUT2D eigenvalue weighted by atomic mass is 16.5. The van der Waals surface area contributed by atoms with Crippen LogP contribution < -0.4 is 10.1 Å². The fourth-order valence-corrected chi connectivity index (χ4v) is 2.35. The Hall–Kier alpha value is -1.06. The summed E-state index contributed by atoms with van der Waals surface area (Å²) < 4.78 is 5.56. The van der Waals surface area contributed by atoms with Crippen molar-refractivity contribution in [2.24, 2.45) is 0 Å². The maximum atomic E-state index is 5.56. The third kappa shape index (κ3) is 3.20. The first-order valence-electron chi connectivity index (χ1n) is 6.45. The lowest BCUT2D eigenvalue weighted by molar-refractivity contribution is 0.260. The zero-order valence-electron chi connectivity index (χ0n) is 10.8. The molecule has 1 fully saturated rings. The Morgan fingerprint density at radius 3 is 3.18 bits per heavy atom. The van der Waals surface area contributed by atoms with E-state index in [1.807, 2.05) is 13.0 Å². The van der Waals surface area contributed by atoms with Crippen molar-refractivity contribution in [2.75, 3.05) is 33.3 Å². The van der Waals surface area contributed by atoms with Crippen LogP contribution in [0.15, 0.2) is 24.3 Å². The predicted octanol–water partition coefficient (Wildman–Crippen LogP) is 2.05. The molecule has 1 saturated heterocycles. The van der Waals surface area contributed by atoms with E-state index in [0.29, 0.717) is 6.04 Å². The Morgan fingerprint density at radius 2 is 2.35 bits per heavy atom. The molecule has 0 bridgehead atoms. The van der Waals surface area contributed by atoms with Gasteiger partial charge in [0.25, 0.3) is 0 Å². The third-order valence-electron chi connectivity index (χ3n) is 3.29. The van der Waals surface area contributed by atoms with E-state index < -0.39 is 0 Å². The standard InChI is InChI=1S/C14H22N2O/c1-3-17-13-7-4-6-12(10-13)14-11-15-8-5-9-16(14)2/h4,6-7,10,14-15H,3,5,8-9,11H2,1-2H3. The number of nitrogens with one attached hydrogen (secondary N) is 1. The monoisotopic (exact) mass is 234 g/mol. The van der Waals surface area contributed by atoms with Gasteiger partial charge >= 0.3 is 0 Å². The van der Waals surface area contributed by atoms with Crippen molar-refractivity contribution in [3.05, 3.63) is 29.8 Å². The lowest BCUT2D eigenvalue weighted by atomic mass is 10.1. The zero-order chi connectivity index (χ0) is 12.1. The Morgan fingerprint density at radius 1 is 1.47 bits per heavy atom. The number of nitrogens with zero attached hydrogens (tertiary/aromatic N) is 1. The van der Waals surface area contributed by atoms with Crippen LogP contribution in [0, 0.1) is 0 Å². The van der Waals surface area contributed by atoms with Crippen LogP contribution in [-0.4, -0.2) is 38.2 Å². The smallest absolute Gasteiger partial charge is 0.119 e. The van der Waals surface area contributed by atoms with Crippen LogP contribution >= 0.6 is 0 Å². The maximum Gasteiger partial charge on any atom is 0.119 e. The second-order valence-corrected chi connectivity index (χ2v) is 4.56. The Kier molecular flexibility index (Phi) is 4.40. The van der Waals surface area contributed by atoms with Crippen molar-refractivity contribution in [3.8, 4) is 5.75 Å². The number of ether oxygens (including phenoxy) is 1. The molecule has 1 aromatic rings. The fraction of sp³-hybridized carbons (Fsp3) is 0.571. The third-order valence-corrected chi connectivity index (χ3v) is 3.29. The van der Waals surface area contributed by atoms with Crippen LogP contribution in [0.1, 0.15) is 24.9 Å². The highest BCUT2D eigenvalue weighted by Gasteiger charge is 2.19. The number of hydrogen-bond donors (Lipinski definition) is 1.